The Morgan fingerprint density at radius 2 is 1.68 bits per heavy atom. The van der Waals surface area contributed by atoms with Crippen LogP contribution in [0.4, 0.5) is 17.1 Å². The van der Waals surface area contributed by atoms with Crippen molar-refractivity contribution in [2.75, 3.05) is 5.73 Å². The van der Waals surface area contributed by atoms with E-state index in [-0.39, 0.29) is 0 Å². The first-order valence-electron chi connectivity index (χ1n) is 6.65. The Balaban J connectivity index is 2.15. The third-order valence-electron chi connectivity index (χ3n) is 2.96. The molecule has 0 heterocycles. The maximum Gasteiger partial charge on any atom is 0.0889 e. The molecule has 0 atom stereocenters. The van der Waals surface area contributed by atoms with Gasteiger partial charge in [-0.05, 0) is 48.7 Å². The molecule has 0 radical (unpaired) electrons. The summed E-state index contributed by atoms with van der Waals surface area (Å²) in [5.74, 6) is 0. The Bertz CT molecular complexity index is 544. The number of hydrogen-bond acceptors (Lipinski definition) is 3. The number of nitrogen functional groups attached to an aromatic ring is 1. The Morgan fingerprint density at radius 1 is 0.947 bits per heavy atom. The lowest BCUT2D eigenvalue weighted by Crippen LogP contribution is -1.84. The molecule has 3 nitrogen and oxygen atoms in total. The van der Waals surface area contributed by atoms with Gasteiger partial charge in [0.2, 0.25) is 0 Å². The van der Waals surface area contributed by atoms with Crippen molar-refractivity contribution in [3.05, 3.63) is 54.1 Å². The van der Waals surface area contributed by atoms with Gasteiger partial charge in [-0.3, -0.25) is 0 Å². The first-order valence-corrected chi connectivity index (χ1v) is 6.65. The number of benzene rings is 2. The Morgan fingerprint density at radius 3 is 2.42 bits per heavy atom. The van der Waals surface area contributed by atoms with E-state index in [2.05, 4.69) is 23.2 Å². The van der Waals surface area contributed by atoms with E-state index in [1.807, 2.05) is 42.5 Å². The second kappa shape index (κ2) is 6.69. The van der Waals surface area contributed by atoms with Crippen LogP contribution < -0.4 is 5.73 Å². The molecular weight excluding hydrogens is 234 g/mol. The van der Waals surface area contributed by atoms with Crippen LogP contribution in [0.15, 0.2) is 58.8 Å². The number of rotatable bonds is 5. The summed E-state index contributed by atoms with van der Waals surface area (Å²) in [6, 6.07) is 15.6. The van der Waals surface area contributed by atoms with Crippen LogP contribution >= 0.6 is 0 Å². The summed E-state index contributed by atoms with van der Waals surface area (Å²) in [7, 11) is 0. The molecule has 2 rings (SSSR count). The van der Waals surface area contributed by atoms with E-state index in [0.717, 1.165) is 23.5 Å². The van der Waals surface area contributed by atoms with E-state index in [1.54, 1.807) is 0 Å². The fourth-order valence-corrected chi connectivity index (χ4v) is 1.84. The van der Waals surface area contributed by atoms with E-state index >= 15 is 0 Å². The molecule has 0 bridgehead atoms. The van der Waals surface area contributed by atoms with E-state index in [1.165, 1.54) is 18.4 Å². The average Bonchev–Trinajstić information content (AvgIpc) is 2.45. The molecule has 0 aromatic heterocycles. The third-order valence-corrected chi connectivity index (χ3v) is 2.96. The summed E-state index contributed by atoms with van der Waals surface area (Å²) in [6.07, 6.45) is 3.41. The molecule has 0 saturated carbocycles. The van der Waals surface area contributed by atoms with Crippen LogP contribution in [0, 0.1) is 0 Å². The van der Waals surface area contributed by atoms with E-state index in [0.29, 0.717) is 0 Å². The molecule has 0 aliphatic carbocycles. The van der Waals surface area contributed by atoms with Crippen molar-refractivity contribution in [2.45, 2.75) is 26.2 Å². The zero-order chi connectivity index (χ0) is 13.5. The monoisotopic (exact) mass is 253 g/mol. The first kappa shape index (κ1) is 13.3. The van der Waals surface area contributed by atoms with Crippen LogP contribution in [0.1, 0.15) is 25.3 Å². The summed E-state index contributed by atoms with van der Waals surface area (Å²) in [5, 5.41) is 8.60. The molecule has 2 N–H and O–H groups in total. The van der Waals surface area contributed by atoms with Gasteiger partial charge in [0.05, 0.1) is 11.4 Å². The van der Waals surface area contributed by atoms with E-state index in [9.17, 15) is 0 Å². The Labute approximate surface area is 114 Å². The SMILES string of the molecule is CCCCc1ccccc1N=Nc1ccc(N)cc1. The van der Waals surface area contributed by atoms with Crippen LogP contribution in [0.5, 0.6) is 0 Å². The summed E-state index contributed by atoms with van der Waals surface area (Å²) in [4.78, 5) is 0. The van der Waals surface area contributed by atoms with Crippen LogP contribution in [0.3, 0.4) is 0 Å². The van der Waals surface area contributed by atoms with Crippen LogP contribution in [0.25, 0.3) is 0 Å². The second-order valence-electron chi connectivity index (χ2n) is 4.52. The Kier molecular flexibility index (Phi) is 4.67. The molecular formula is C16H19N3. The van der Waals surface area contributed by atoms with Crippen molar-refractivity contribution in [3.63, 3.8) is 0 Å². The van der Waals surface area contributed by atoms with Crippen molar-refractivity contribution < 1.29 is 0 Å². The van der Waals surface area contributed by atoms with Gasteiger partial charge in [-0.25, -0.2) is 0 Å². The van der Waals surface area contributed by atoms with Gasteiger partial charge in [-0.15, -0.1) is 0 Å². The van der Waals surface area contributed by atoms with Crippen molar-refractivity contribution >= 4 is 17.1 Å². The lowest BCUT2D eigenvalue weighted by atomic mass is 10.1. The minimum Gasteiger partial charge on any atom is -0.399 e. The molecule has 3 heteroatoms. The van der Waals surface area contributed by atoms with Gasteiger partial charge in [-0.1, -0.05) is 31.5 Å². The number of aryl methyl sites for hydroxylation is 1. The molecule has 0 aliphatic rings. The highest BCUT2D eigenvalue weighted by molar-refractivity contribution is 5.49. The summed E-state index contributed by atoms with van der Waals surface area (Å²) >= 11 is 0. The van der Waals surface area contributed by atoms with Gasteiger partial charge in [0.15, 0.2) is 0 Å². The summed E-state index contributed by atoms with van der Waals surface area (Å²) in [5.41, 5.74) is 9.40. The fraction of sp³-hybridized carbons (Fsp3) is 0.250. The van der Waals surface area contributed by atoms with Crippen molar-refractivity contribution in [3.8, 4) is 0 Å². The van der Waals surface area contributed by atoms with Gasteiger partial charge in [0.25, 0.3) is 0 Å². The van der Waals surface area contributed by atoms with Gasteiger partial charge >= 0.3 is 0 Å². The number of anilines is 1. The smallest absolute Gasteiger partial charge is 0.0889 e. The highest BCUT2D eigenvalue weighted by atomic mass is 15.1. The van der Waals surface area contributed by atoms with Gasteiger partial charge in [0.1, 0.15) is 0 Å². The molecule has 0 spiro atoms. The zero-order valence-corrected chi connectivity index (χ0v) is 11.2. The molecule has 0 amide bonds. The number of nitrogens with zero attached hydrogens (tertiary/aromatic N) is 2. The topological polar surface area (TPSA) is 50.7 Å². The molecule has 2 aromatic carbocycles. The van der Waals surface area contributed by atoms with Gasteiger partial charge in [0, 0.05) is 5.69 Å². The predicted octanol–water partition coefficient (Wildman–Crippen LogP) is 5.03. The maximum absolute atomic E-state index is 5.64. The highest BCUT2D eigenvalue weighted by Crippen LogP contribution is 2.24. The fourth-order valence-electron chi connectivity index (χ4n) is 1.84. The lowest BCUT2D eigenvalue weighted by Gasteiger charge is -2.03. The molecule has 19 heavy (non-hydrogen) atoms. The number of hydrogen-bond donors (Lipinski definition) is 1. The number of nitrogens with two attached hydrogens (primary N) is 1. The van der Waals surface area contributed by atoms with Crippen LogP contribution in [0.2, 0.25) is 0 Å². The summed E-state index contributed by atoms with van der Waals surface area (Å²) in [6.45, 7) is 2.19. The number of unbranched alkanes of at least 4 members (excludes halogenated alkanes) is 1. The second-order valence-corrected chi connectivity index (χ2v) is 4.52. The van der Waals surface area contributed by atoms with E-state index in [4.69, 9.17) is 5.73 Å². The average molecular weight is 253 g/mol. The maximum atomic E-state index is 5.64. The minimum atomic E-state index is 0.738. The largest absolute Gasteiger partial charge is 0.399 e. The lowest BCUT2D eigenvalue weighted by molar-refractivity contribution is 0.794. The molecule has 0 aliphatic heterocycles. The van der Waals surface area contributed by atoms with Crippen molar-refractivity contribution in [1.29, 1.82) is 0 Å². The van der Waals surface area contributed by atoms with Crippen molar-refractivity contribution in [1.82, 2.24) is 0 Å². The zero-order valence-electron chi connectivity index (χ0n) is 11.2. The van der Waals surface area contributed by atoms with Gasteiger partial charge in [-0.2, -0.15) is 10.2 Å². The third kappa shape index (κ3) is 3.91. The van der Waals surface area contributed by atoms with Crippen LogP contribution in [-0.4, -0.2) is 0 Å². The molecule has 0 fully saturated rings. The van der Waals surface area contributed by atoms with Gasteiger partial charge < -0.3 is 5.73 Å². The molecule has 0 unspecified atom stereocenters. The molecule has 0 saturated heterocycles. The Hall–Kier alpha value is -2.16. The molecule has 98 valence electrons. The van der Waals surface area contributed by atoms with Crippen molar-refractivity contribution in [2.24, 2.45) is 10.2 Å². The quantitative estimate of drug-likeness (QED) is 0.590. The molecule has 2 aromatic rings. The standard InChI is InChI=1S/C16H19N3/c1-2-3-6-13-7-4-5-8-16(13)19-18-15-11-9-14(17)10-12-15/h4-5,7-12H,2-3,6,17H2,1H3. The van der Waals surface area contributed by atoms with Crippen LogP contribution in [-0.2, 0) is 6.42 Å². The minimum absolute atomic E-state index is 0.738. The number of azo groups is 1. The highest BCUT2D eigenvalue weighted by Gasteiger charge is 1.99. The summed E-state index contributed by atoms with van der Waals surface area (Å²) < 4.78 is 0. The van der Waals surface area contributed by atoms with E-state index < -0.39 is 0 Å². The predicted molar refractivity (Wildman–Crippen MR) is 80.1 cm³/mol. The first-order chi connectivity index (χ1) is 9.29. The normalized spacial score (nSPS) is 11.0.